The Balaban J connectivity index is 1.78. The van der Waals surface area contributed by atoms with Gasteiger partial charge in [0.15, 0.2) is 11.5 Å². The van der Waals surface area contributed by atoms with E-state index < -0.39 is 0 Å². The van der Waals surface area contributed by atoms with E-state index in [9.17, 15) is 9.18 Å². The monoisotopic (exact) mass is 341 g/mol. The molecule has 0 radical (unpaired) electrons. The second-order valence-corrected chi connectivity index (χ2v) is 5.35. The number of nitrogens with zero attached hydrogens (tertiary/aromatic N) is 1. The van der Waals surface area contributed by atoms with Crippen LogP contribution in [0.1, 0.15) is 21.8 Å². The van der Waals surface area contributed by atoms with E-state index in [1.807, 2.05) is 0 Å². The molecule has 0 amide bonds. The van der Waals surface area contributed by atoms with Crippen molar-refractivity contribution in [3.63, 3.8) is 0 Å². The first kappa shape index (κ1) is 16.7. The van der Waals surface area contributed by atoms with Gasteiger partial charge in [0, 0.05) is 11.1 Å². The second kappa shape index (κ2) is 7.17. The minimum absolute atomic E-state index is 0.174. The van der Waals surface area contributed by atoms with Gasteiger partial charge >= 0.3 is 0 Å². The molecule has 0 aliphatic rings. The van der Waals surface area contributed by atoms with Crippen LogP contribution in [0.4, 0.5) is 4.39 Å². The maximum atomic E-state index is 13.0. The van der Waals surface area contributed by atoms with E-state index in [4.69, 9.17) is 13.9 Å². The summed E-state index contributed by atoms with van der Waals surface area (Å²) in [6.07, 6.45) is 0.739. The van der Waals surface area contributed by atoms with Crippen molar-refractivity contribution < 1.29 is 23.1 Å². The lowest BCUT2D eigenvalue weighted by molar-refractivity contribution is 0.112. The highest BCUT2D eigenvalue weighted by Gasteiger charge is 2.13. The number of aldehydes is 1. The number of oxazole rings is 1. The van der Waals surface area contributed by atoms with E-state index in [1.165, 1.54) is 19.2 Å². The summed E-state index contributed by atoms with van der Waals surface area (Å²) in [6, 6.07) is 10.8. The molecule has 3 rings (SSSR count). The summed E-state index contributed by atoms with van der Waals surface area (Å²) in [4.78, 5) is 15.2. The average Bonchev–Trinajstić information content (AvgIpc) is 3.01. The van der Waals surface area contributed by atoms with Gasteiger partial charge in [0.25, 0.3) is 0 Å². The van der Waals surface area contributed by atoms with E-state index in [1.54, 1.807) is 37.3 Å². The molecule has 0 atom stereocenters. The van der Waals surface area contributed by atoms with Gasteiger partial charge in [0.05, 0.1) is 7.11 Å². The van der Waals surface area contributed by atoms with Crippen molar-refractivity contribution in [1.82, 2.24) is 4.98 Å². The third kappa shape index (κ3) is 3.68. The molecule has 0 aliphatic carbocycles. The van der Waals surface area contributed by atoms with Crippen molar-refractivity contribution in [2.45, 2.75) is 13.5 Å². The maximum absolute atomic E-state index is 13.0. The van der Waals surface area contributed by atoms with E-state index in [2.05, 4.69) is 4.98 Å². The zero-order chi connectivity index (χ0) is 17.8. The van der Waals surface area contributed by atoms with Gasteiger partial charge in [-0.25, -0.2) is 9.37 Å². The fourth-order valence-electron chi connectivity index (χ4n) is 2.30. The molecule has 0 saturated heterocycles. The van der Waals surface area contributed by atoms with Crippen molar-refractivity contribution in [3.05, 3.63) is 65.3 Å². The molecule has 1 heterocycles. The normalized spacial score (nSPS) is 10.5. The topological polar surface area (TPSA) is 61.6 Å². The number of ether oxygens (including phenoxy) is 2. The number of carbonyl (C=O) groups excluding carboxylic acids is 1. The first-order valence-corrected chi connectivity index (χ1v) is 7.59. The molecule has 0 fully saturated rings. The summed E-state index contributed by atoms with van der Waals surface area (Å²) < 4.78 is 29.6. The van der Waals surface area contributed by atoms with Gasteiger partial charge < -0.3 is 13.9 Å². The van der Waals surface area contributed by atoms with Crippen LogP contribution in [-0.2, 0) is 6.61 Å². The van der Waals surface area contributed by atoms with Crippen LogP contribution in [0.5, 0.6) is 11.5 Å². The number of rotatable bonds is 6. The van der Waals surface area contributed by atoms with Gasteiger partial charge in [-0.05, 0) is 49.4 Å². The summed E-state index contributed by atoms with van der Waals surface area (Å²) in [7, 11) is 1.50. The number of methoxy groups -OCH3 is 1. The highest BCUT2D eigenvalue weighted by molar-refractivity contribution is 5.76. The van der Waals surface area contributed by atoms with Crippen LogP contribution in [0, 0.1) is 12.7 Å². The molecule has 0 aliphatic heterocycles. The van der Waals surface area contributed by atoms with Gasteiger partial charge in [-0.3, -0.25) is 4.79 Å². The highest BCUT2D eigenvalue weighted by atomic mass is 19.1. The van der Waals surface area contributed by atoms with Crippen LogP contribution in [0.15, 0.2) is 46.9 Å². The number of benzene rings is 2. The fourth-order valence-corrected chi connectivity index (χ4v) is 2.30. The van der Waals surface area contributed by atoms with Gasteiger partial charge in [-0.1, -0.05) is 0 Å². The molecule has 5 nitrogen and oxygen atoms in total. The predicted molar refractivity (Wildman–Crippen MR) is 89.3 cm³/mol. The van der Waals surface area contributed by atoms with Crippen LogP contribution in [0.2, 0.25) is 0 Å². The third-order valence-electron chi connectivity index (χ3n) is 3.67. The summed E-state index contributed by atoms with van der Waals surface area (Å²) >= 11 is 0. The van der Waals surface area contributed by atoms with Crippen molar-refractivity contribution in [2.24, 2.45) is 0 Å². The molecule has 25 heavy (non-hydrogen) atoms. The van der Waals surface area contributed by atoms with Crippen molar-refractivity contribution in [1.29, 1.82) is 0 Å². The lowest BCUT2D eigenvalue weighted by Crippen LogP contribution is -2.00. The summed E-state index contributed by atoms with van der Waals surface area (Å²) in [6.45, 7) is 1.96. The second-order valence-electron chi connectivity index (χ2n) is 5.35. The summed E-state index contributed by atoms with van der Waals surface area (Å²) in [5.74, 6) is 1.66. The maximum Gasteiger partial charge on any atom is 0.226 e. The molecule has 128 valence electrons. The largest absolute Gasteiger partial charge is 0.493 e. The molecule has 0 N–H and O–H groups in total. The molecule has 3 aromatic rings. The number of carbonyl (C=O) groups is 1. The SMILES string of the molecule is COc1cc(C=O)ccc1OCc1nc(-c2ccc(F)cc2)oc1C. The molecule has 0 bridgehead atoms. The summed E-state index contributed by atoms with van der Waals surface area (Å²) in [5.41, 5.74) is 1.81. The van der Waals surface area contributed by atoms with Crippen LogP contribution in [0.25, 0.3) is 11.5 Å². The van der Waals surface area contributed by atoms with E-state index >= 15 is 0 Å². The molecule has 0 spiro atoms. The minimum atomic E-state index is -0.318. The molecule has 6 heteroatoms. The zero-order valence-corrected chi connectivity index (χ0v) is 13.8. The lowest BCUT2D eigenvalue weighted by atomic mass is 10.2. The van der Waals surface area contributed by atoms with Gasteiger partial charge in [0.2, 0.25) is 5.89 Å². The van der Waals surface area contributed by atoms with Crippen molar-refractivity contribution in [3.8, 4) is 23.0 Å². The molecular weight excluding hydrogens is 325 g/mol. The van der Waals surface area contributed by atoms with Gasteiger partial charge in [0.1, 0.15) is 30.2 Å². The molecule has 0 saturated carbocycles. The zero-order valence-electron chi connectivity index (χ0n) is 13.8. The summed E-state index contributed by atoms with van der Waals surface area (Å²) in [5, 5.41) is 0. The van der Waals surface area contributed by atoms with Crippen molar-refractivity contribution >= 4 is 6.29 Å². The number of halogens is 1. The first-order valence-electron chi connectivity index (χ1n) is 7.59. The molecule has 2 aromatic carbocycles. The molecular formula is C19H16FNO4. The molecule has 1 aromatic heterocycles. The van der Waals surface area contributed by atoms with E-state index in [-0.39, 0.29) is 12.4 Å². The van der Waals surface area contributed by atoms with Crippen molar-refractivity contribution in [2.75, 3.05) is 7.11 Å². The van der Waals surface area contributed by atoms with Gasteiger partial charge in [-0.15, -0.1) is 0 Å². The number of hydrogen-bond acceptors (Lipinski definition) is 5. The van der Waals surface area contributed by atoms with Crippen LogP contribution in [-0.4, -0.2) is 18.4 Å². The standard InChI is InChI=1S/C19H16FNO4/c1-12-16(21-19(25-12)14-4-6-15(20)7-5-14)11-24-17-8-3-13(10-22)9-18(17)23-2/h3-10H,11H2,1-2H3. The quantitative estimate of drug-likeness (QED) is 0.629. The smallest absolute Gasteiger partial charge is 0.226 e. The van der Waals surface area contributed by atoms with Gasteiger partial charge in [-0.2, -0.15) is 0 Å². The number of aromatic nitrogens is 1. The minimum Gasteiger partial charge on any atom is -0.493 e. The Bertz CT molecular complexity index is 887. The van der Waals surface area contributed by atoms with E-state index in [0.717, 1.165) is 6.29 Å². The van der Waals surface area contributed by atoms with Crippen LogP contribution in [0.3, 0.4) is 0 Å². The Morgan fingerprint density at radius 1 is 1.16 bits per heavy atom. The number of aryl methyl sites for hydroxylation is 1. The predicted octanol–water partition coefficient (Wildman–Crippen LogP) is 4.19. The lowest BCUT2D eigenvalue weighted by Gasteiger charge is -2.10. The fraction of sp³-hybridized carbons (Fsp3) is 0.158. The van der Waals surface area contributed by atoms with Crippen LogP contribution >= 0.6 is 0 Å². The van der Waals surface area contributed by atoms with E-state index in [0.29, 0.717) is 40.0 Å². The molecule has 0 unspecified atom stereocenters. The number of hydrogen-bond donors (Lipinski definition) is 0. The Kier molecular flexibility index (Phi) is 4.79. The Labute approximate surface area is 144 Å². The highest BCUT2D eigenvalue weighted by Crippen LogP contribution is 2.29. The average molecular weight is 341 g/mol. The first-order chi connectivity index (χ1) is 12.1. The Hall–Kier alpha value is -3.15. The Morgan fingerprint density at radius 3 is 2.60 bits per heavy atom. The Morgan fingerprint density at radius 2 is 1.92 bits per heavy atom. The van der Waals surface area contributed by atoms with Crippen LogP contribution < -0.4 is 9.47 Å². The third-order valence-corrected chi connectivity index (χ3v) is 3.67.